The molecule has 1 aromatic rings. The van der Waals surface area contributed by atoms with Gasteiger partial charge in [-0.1, -0.05) is 0 Å². The van der Waals surface area contributed by atoms with Gasteiger partial charge in [-0.2, -0.15) is 18.6 Å². The Morgan fingerprint density at radius 2 is 2.10 bits per heavy atom. The van der Waals surface area contributed by atoms with Crippen molar-refractivity contribution in [3.05, 3.63) is 17.5 Å². The zero-order valence-corrected chi connectivity index (χ0v) is 16.7. The molecule has 2 atom stereocenters. The minimum absolute atomic E-state index is 0.0146. The van der Waals surface area contributed by atoms with Crippen LogP contribution in [0.25, 0.3) is 0 Å². The highest BCUT2D eigenvalue weighted by molar-refractivity contribution is 7.80. The van der Waals surface area contributed by atoms with Crippen LogP contribution in [-0.4, -0.2) is 74.9 Å². The molecule has 0 aromatic carbocycles. The molecule has 1 fully saturated rings. The van der Waals surface area contributed by atoms with Crippen molar-refractivity contribution in [2.24, 2.45) is 12.0 Å². The van der Waals surface area contributed by atoms with E-state index in [-0.39, 0.29) is 12.4 Å². The summed E-state index contributed by atoms with van der Waals surface area (Å²) in [5.41, 5.74) is 1.86. The third-order valence-electron chi connectivity index (χ3n) is 4.63. The van der Waals surface area contributed by atoms with Gasteiger partial charge in [0.25, 0.3) is 0 Å². The van der Waals surface area contributed by atoms with Crippen LogP contribution < -0.4 is 5.48 Å². The Bertz CT molecular complexity index is 986. The molecule has 0 spiro atoms. The van der Waals surface area contributed by atoms with Crippen LogP contribution in [0.5, 0.6) is 0 Å². The molecule has 0 saturated carbocycles. The molecule has 1 saturated heterocycles. The number of aliphatic imine (C=N–C) groups is 1. The largest absolute Gasteiger partial charge is 0.479 e. The smallest absolute Gasteiger partial charge is 0.418 e. The number of urea groups is 1. The molecule has 3 N–H and O–H groups in total. The number of hydrogen-bond acceptors (Lipinski definition) is 8. The van der Waals surface area contributed by atoms with Crippen LogP contribution in [-0.2, 0) is 31.4 Å². The van der Waals surface area contributed by atoms with Gasteiger partial charge in [0.15, 0.2) is 5.60 Å². The lowest BCUT2D eigenvalue weighted by atomic mass is 9.97. The number of nitrogens with one attached hydrogen (secondary N) is 1. The van der Waals surface area contributed by atoms with E-state index in [1.54, 1.807) is 7.05 Å². The number of amides is 2. The normalized spacial score (nSPS) is 22.1. The van der Waals surface area contributed by atoms with Crippen molar-refractivity contribution in [3.8, 4) is 0 Å². The Balaban J connectivity index is 1.99. The minimum atomic E-state index is -4.94. The monoisotopic (exact) mass is 432 g/mol. The number of carbonyl (C=O) groups excluding carboxylic acids is 1. The maximum Gasteiger partial charge on any atom is 0.418 e. The fraction of sp³-hybridized carbons (Fsp3) is 0.571. The first-order valence-corrected chi connectivity index (χ1v) is 9.66. The molecule has 160 valence electrons. The van der Waals surface area contributed by atoms with E-state index in [0.717, 1.165) is 0 Å². The summed E-state index contributed by atoms with van der Waals surface area (Å²) >= 11 is 0. The number of hydroxylamine groups is 3. The van der Waals surface area contributed by atoms with E-state index in [9.17, 15) is 23.1 Å². The third-order valence-corrected chi connectivity index (χ3v) is 4.98. The first-order chi connectivity index (χ1) is 13.4. The minimum Gasteiger partial charge on any atom is -0.479 e. The molecule has 0 radical (unpaired) electrons. The molecule has 0 unspecified atom stereocenters. The highest BCUT2D eigenvalue weighted by atomic mass is 32.3. The maximum atomic E-state index is 12.8. The van der Waals surface area contributed by atoms with Gasteiger partial charge in [-0.3, -0.25) is 19.1 Å². The summed E-state index contributed by atoms with van der Waals surface area (Å²) in [7, 11) is -1.91. The van der Waals surface area contributed by atoms with Gasteiger partial charge in [0, 0.05) is 19.7 Å². The number of fused-ring (bicyclic) bond motifs is 4. The molecule has 29 heavy (non-hydrogen) atoms. The molecule has 2 bridgehead atoms. The molecule has 2 aliphatic heterocycles. The zero-order valence-electron chi connectivity index (χ0n) is 15.9. The molecule has 2 amide bonds. The second kappa shape index (κ2) is 6.94. The van der Waals surface area contributed by atoms with Gasteiger partial charge in [-0.25, -0.2) is 15.1 Å². The number of aryl methyl sites for hydroxylation is 1. The Kier molecular flexibility index (Phi) is 5.02. The van der Waals surface area contributed by atoms with Gasteiger partial charge in [0.2, 0.25) is 0 Å². The van der Waals surface area contributed by atoms with E-state index in [0.29, 0.717) is 16.3 Å². The molecular formula is C14H20N6O8S. The first-order valence-electron chi connectivity index (χ1n) is 8.30. The number of amidine groups is 1. The number of carboxylic acid groups (broad SMARTS) is 1. The number of carbonyl (C=O) groups is 2. The average Bonchev–Trinajstić information content (AvgIpc) is 3.11. The SMILES string of the molecule is CN=C(NOC(C)(C)C(=O)O)[C@@H]1c2c(cnn2C)[C@H]2CN1C(=O)N2OS(=O)(=O)O. The van der Waals surface area contributed by atoms with E-state index in [1.165, 1.54) is 36.7 Å². The third kappa shape index (κ3) is 3.64. The summed E-state index contributed by atoms with van der Waals surface area (Å²) in [4.78, 5) is 34.6. The molecule has 3 heterocycles. The predicted octanol–water partition coefficient (Wildman–Crippen LogP) is -0.599. The Labute approximate surface area is 165 Å². The van der Waals surface area contributed by atoms with Crippen LogP contribution in [0.15, 0.2) is 11.2 Å². The van der Waals surface area contributed by atoms with Crippen molar-refractivity contribution in [1.29, 1.82) is 0 Å². The summed E-state index contributed by atoms with van der Waals surface area (Å²) in [6.45, 7) is 2.66. The van der Waals surface area contributed by atoms with Crippen LogP contribution in [0.1, 0.15) is 37.2 Å². The van der Waals surface area contributed by atoms with E-state index < -0.39 is 40.1 Å². The number of aliphatic carboxylic acids is 1. The lowest BCUT2D eigenvalue weighted by molar-refractivity contribution is -0.166. The Morgan fingerprint density at radius 1 is 1.45 bits per heavy atom. The highest BCUT2D eigenvalue weighted by Crippen LogP contribution is 2.44. The lowest BCUT2D eigenvalue weighted by Crippen LogP contribution is -2.48. The average molecular weight is 432 g/mol. The summed E-state index contributed by atoms with van der Waals surface area (Å²) in [5.74, 6) is -1.14. The topological polar surface area (TPSA) is 176 Å². The van der Waals surface area contributed by atoms with E-state index in [1.807, 2.05) is 0 Å². The van der Waals surface area contributed by atoms with Crippen molar-refractivity contribution >= 4 is 28.2 Å². The van der Waals surface area contributed by atoms with Crippen molar-refractivity contribution < 1.29 is 36.8 Å². The molecule has 3 rings (SSSR count). The van der Waals surface area contributed by atoms with E-state index >= 15 is 0 Å². The number of hydrogen-bond donors (Lipinski definition) is 3. The van der Waals surface area contributed by atoms with Gasteiger partial charge in [0.1, 0.15) is 17.9 Å². The van der Waals surface area contributed by atoms with Gasteiger partial charge < -0.3 is 10.0 Å². The zero-order chi connectivity index (χ0) is 21.7. The maximum absolute atomic E-state index is 12.8. The molecule has 14 nitrogen and oxygen atoms in total. The fourth-order valence-electron chi connectivity index (χ4n) is 3.15. The van der Waals surface area contributed by atoms with Gasteiger partial charge >= 0.3 is 22.4 Å². The molecule has 2 aliphatic rings. The molecule has 1 aromatic heterocycles. The van der Waals surface area contributed by atoms with Crippen molar-refractivity contribution in [2.45, 2.75) is 31.5 Å². The van der Waals surface area contributed by atoms with Crippen LogP contribution in [0, 0.1) is 0 Å². The van der Waals surface area contributed by atoms with E-state index in [4.69, 9.17) is 9.39 Å². The predicted molar refractivity (Wildman–Crippen MR) is 94.6 cm³/mol. The van der Waals surface area contributed by atoms with Gasteiger partial charge in [-0.05, 0) is 13.8 Å². The van der Waals surface area contributed by atoms with Gasteiger partial charge in [0.05, 0.1) is 18.4 Å². The van der Waals surface area contributed by atoms with E-state index in [2.05, 4.69) is 19.9 Å². The summed E-state index contributed by atoms with van der Waals surface area (Å²) in [6.07, 6.45) is 1.44. The van der Waals surface area contributed by atoms with Crippen LogP contribution in [0.2, 0.25) is 0 Å². The van der Waals surface area contributed by atoms with Crippen molar-refractivity contribution in [1.82, 2.24) is 25.2 Å². The number of rotatable bonds is 6. The quantitative estimate of drug-likeness (QED) is 0.228. The first kappa shape index (κ1) is 21.0. The second-order valence-electron chi connectivity index (χ2n) is 6.92. The Morgan fingerprint density at radius 3 is 2.66 bits per heavy atom. The number of aromatic nitrogens is 2. The van der Waals surface area contributed by atoms with Crippen LogP contribution in [0.3, 0.4) is 0 Å². The summed E-state index contributed by atoms with van der Waals surface area (Å²) in [5, 5.41) is 13.9. The van der Waals surface area contributed by atoms with Crippen LogP contribution in [0.4, 0.5) is 4.79 Å². The fourth-order valence-corrected chi connectivity index (χ4v) is 3.52. The highest BCUT2D eigenvalue weighted by Gasteiger charge is 2.53. The number of carboxylic acids is 1. The molecular weight excluding hydrogens is 412 g/mol. The molecule has 15 heteroatoms. The number of nitrogens with zero attached hydrogens (tertiary/aromatic N) is 5. The summed E-state index contributed by atoms with van der Waals surface area (Å²) in [6, 6.07) is -2.57. The van der Waals surface area contributed by atoms with Crippen LogP contribution >= 0.6 is 0 Å². The van der Waals surface area contributed by atoms with Crippen molar-refractivity contribution in [3.63, 3.8) is 0 Å². The van der Waals surface area contributed by atoms with Crippen molar-refractivity contribution in [2.75, 3.05) is 13.6 Å². The summed E-state index contributed by atoms with van der Waals surface area (Å²) < 4.78 is 37.3. The van der Waals surface area contributed by atoms with Gasteiger partial charge in [-0.15, -0.1) is 4.28 Å². The Hall–Kier alpha value is -2.75. The lowest BCUT2D eigenvalue weighted by Gasteiger charge is -2.33. The second-order valence-corrected chi connectivity index (χ2v) is 7.92. The standard InChI is InChI=1S/C14H20N6O8S/c1-14(2,12(21)22)27-17-11(15-3)10-9-7(5-16-18(9)4)8-6-19(10)13(23)20(8)28-29(24,25)26/h5,8,10H,6H2,1-4H3,(H,15,17)(H,21,22)(H,24,25,26)/t8-,10+/m1/s1. The molecule has 0 aliphatic carbocycles.